The maximum absolute atomic E-state index is 11.0. The molecule has 0 aliphatic rings. The van der Waals surface area contributed by atoms with Gasteiger partial charge in [0.15, 0.2) is 0 Å². The summed E-state index contributed by atoms with van der Waals surface area (Å²) in [5.41, 5.74) is 5.31. The largest absolute Gasteiger partial charge is 0.330 e. The molecule has 15 heavy (non-hydrogen) atoms. The Labute approximate surface area is 96.8 Å². The lowest BCUT2D eigenvalue weighted by Crippen LogP contribution is -2.01. The molecule has 0 aromatic heterocycles. The molecule has 0 unspecified atom stereocenters. The summed E-state index contributed by atoms with van der Waals surface area (Å²) in [6.07, 6.45) is 0. The van der Waals surface area contributed by atoms with E-state index in [4.69, 9.17) is 10.3 Å². The Morgan fingerprint density at radius 2 is 2.00 bits per heavy atom. The van der Waals surface area contributed by atoms with E-state index in [2.05, 4.69) is 0 Å². The van der Waals surface area contributed by atoms with Crippen molar-refractivity contribution in [2.45, 2.75) is 9.79 Å². The quantitative estimate of drug-likeness (QED) is 0.478. The lowest BCUT2D eigenvalue weighted by atomic mass is 10.4. The first kappa shape index (κ1) is 12.9. The minimum Gasteiger partial charge on any atom is -0.330 e. The smallest absolute Gasteiger partial charge is 0.295 e. The van der Waals surface area contributed by atoms with E-state index < -0.39 is 10.1 Å². The zero-order valence-electron chi connectivity index (χ0n) is 7.79. The maximum atomic E-state index is 11.0. The van der Waals surface area contributed by atoms with Crippen LogP contribution in [0, 0.1) is 0 Å². The highest BCUT2D eigenvalue weighted by Gasteiger charge is 2.14. The van der Waals surface area contributed by atoms with Crippen molar-refractivity contribution in [3.8, 4) is 0 Å². The van der Waals surface area contributed by atoms with E-state index in [-0.39, 0.29) is 4.90 Å². The first-order valence-electron chi connectivity index (χ1n) is 4.12. The van der Waals surface area contributed by atoms with Crippen LogP contribution in [0.1, 0.15) is 0 Å². The van der Waals surface area contributed by atoms with Gasteiger partial charge in [-0.15, -0.1) is 0 Å². The average molecular weight is 265 g/mol. The Morgan fingerprint density at radius 3 is 2.60 bits per heavy atom. The van der Waals surface area contributed by atoms with E-state index in [1.165, 1.54) is 27.7 Å². The van der Waals surface area contributed by atoms with Crippen LogP contribution in [0.15, 0.2) is 34.1 Å². The molecule has 1 aromatic carbocycles. The van der Waals surface area contributed by atoms with Crippen molar-refractivity contribution >= 4 is 31.7 Å². The van der Waals surface area contributed by atoms with Crippen LogP contribution in [0.3, 0.4) is 0 Å². The van der Waals surface area contributed by atoms with E-state index in [1.54, 1.807) is 18.2 Å². The van der Waals surface area contributed by atoms with Crippen molar-refractivity contribution in [1.29, 1.82) is 0 Å². The second-order valence-electron chi connectivity index (χ2n) is 2.62. The summed E-state index contributed by atoms with van der Waals surface area (Å²) in [5, 5.41) is 0. The van der Waals surface area contributed by atoms with Crippen molar-refractivity contribution in [1.82, 2.24) is 0 Å². The monoisotopic (exact) mass is 265 g/mol. The van der Waals surface area contributed by atoms with Crippen LogP contribution >= 0.6 is 21.6 Å². The average Bonchev–Trinajstić information content (AvgIpc) is 2.17. The minimum atomic E-state index is -4.14. The van der Waals surface area contributed by atoms with Gasteiger partial charge in [0.1, 0.15) is 4.90 Å². The summed E-state index contributed by atoms with van der Waals surface area (Å²) in [6, 6.07) is 6.32. The van der Waals surface area contributed by atoms with Gasteiger partial charge in [-0.2, -0.15) is 8.42 Å². The van der Waals surface area contributed by atoms with Crippen molar-refractivity contribution in [3.63, 3.8) is 0 Å². The highest BCUT2D eigenvalue weighted by Crippen LogP contribution is 2.34. The van der Waals surface area contributed by atoms with Crippen LogP contribution in [-0.2, 0) is 10.1 Å². The van der Waals surface area contributed by atoms with Crippen LogP contribution in [0.25, 0.3) is 0 Å². The second-order valence-corrected chi connectivity index (χ2v) is 6.46. The van der Waals surface area contributed by atoms with Gasteiger partial charge in [-0.05, 0) is 12.1 Å². The van der Waals surface area contributed by atoms with Gasteiger partial charge in [0.25, 0.3) is 10.1 Å². The zero-order valence-corrected chi connectivity index (χ0v) is 10.2. The second kappa shape index (κ2) is 5.76. The van der Waals surface area contributed by atoms with Gasteiger partial charge in [0, 0.05) is 17.2 Å². The van der Waals surface area contributed by atoms with Gasteiger partial charge in [-0.3, -0.25) is 4.55 Å². The van der Waals surface area contributed by atoms with Crippen molar-refractivity contribution in [2.75, 3.05) is 12.3 Å². The Kier molecular flexibility index (Phi) is 4.94. The van der Waals surface area contributed by atoms with E-state index in [0.29, 0.717) is 11.4 Å². The zero-order chi connectivity index (χ0) is 11.3. The standard InChI is InChI=1S/C8H11NO3S3/c9-5-6-13-14-7-3-1-2-4-8(7)15(10,11)12/h1-4H,5-6,9H2,(H,10,11,12). The molecule has 84 valence electrons. The Balaban J connectivity index is 2.88. The number of benzene rings is 1. The van der Waals surface area contributed by atoms with E-state index in [9.17, 15) is 8.42 Å². The van der Waals surface area contributed by atoms with Gasteiger partial charge in [0.05, 0.1) is 0 Å². The molecule has 7 heteroatoms. The van der Waals surface area contributed by atoms with Crippen molar-refractivity contribution in [3.05, 3.63) is 24.3 Å². The molecule has 0 spiro atoms. The topological polar surface area (TPSA) is 80.4 Å². The summed E-state index contributed by atoms with van der Waals surface area (Å²) in [4.78, 5) is 0.470. The molecule has 4 nitrogen and oxygen atoms in total. The first-order valence-corrected chi connectivity index (χ1v) is 7.87. The van der Waals surface area contributed by atoms with Gasteiger partial charge in [0.2, 0.25) is 0 Å². The molecule has 0 bridgehead atoms. The summed E-state index contributed by atoms with van der Waals surface area (Å²) < 4.78 is 30.9. The van der Waals surface area contributed by atoms with Gasteiger partial charge in [-0.1, -0.05) is 33.7 Å². The SMILES string of the molecule is NCCSSc1ccccc1S(=O)(=O)O. The third-order valence-corrected chi connectivity index (χ3v) is 4.97. The van der Waals surface area contributed by atoms with Crippen LogP contribution in [0.5, 0.6) is 0 Å². The Hall–Kier alpha value is -0.210. The molecule has 0 aliphatic carbocycles. The fourth-order valence-electron chi connectivity index (χ4n) is 0.885. The highest BCUT2D eigenvalue weighted by molar-refractivity contribution is 8.76. The van der Waals surface area contributed by atoms with Crippen molar-refractivity contribution in [2.24, 2.45) is 5.73 Å². The predicted octanol–water partition coefficient (Wildman–Crippen LogP) is 1.63. The molecule has 0 saturated carbocycles. The van der Waals surface area contributed by atoms with E-state index >= 15 is 0 Å². The first-order chi connectivity index (χ1) is 7.05. The third kappa shape index (κ3) is 4.04. The third-order valence-electron chi connectivity index (χ3n) is 1.48. The molecule has 0 amide bonds. The van der Waals surface area contributed by atoms with Crippen LogP contribution in [-0.4, -0.2) is 25.3 Å². The van der Waals surface area contributed by atoms with E-state index in [0.717, 1.165) is 5.75 Å². The van der Waals surface area contributed by atoms with Gasteiger partial charge in [-0.25, -0.2) is 0 Å². The minimum absolute atomic E-state index is 0.0560. The summed E-state index contributed by atoms with van der Waals surface area (Å²) in [6.45, 7) is 0.533. The van der Waals surface area contributed by atoms with E-state index in [1.807, 2.05) is 0 Å². The summed E-state index contributed by atoms with van der Waals surface area (Å²) >= 11 is 0. The molecule has 1 rings (SSSR count). The van der Waals surface area contributed by atoms with Crippen LogP contribution in [0.2, 0.25) is 0 Å². The lowest BCUT2D eigenvalue weighted by Gasteiger charge is -2.04. The molecular formula is C8H11NO3S3. The summed E-state index contributed by atoms with van der Waals surface area (Å²) in [7, 11) is -1.39. The highest BCUT2D eigenvalue weighted by atomic mass is 33.1. The number of hydrogen-bond acceptors (Lipinski definition) is 5. The number of nitrogens with two attached hydrogens (primary N) is 1. The van der Waals surface area contributed by atoms with Gasteiger partial charge < -0.3 is 5.73 Å². The molecule has 0 aliphatic heterocycles. The number of rotatable bonds is 5. The molecule has 0 atom stereocenters. The summed E-state index contributed by atoms with van der Waals surface area (Å²) in [5.74, 6) is 0.727. The lowest BCUT2D eigenvalue weighted by molar-refractivity contribution is 0.481. The van der Waals surface area contributed by atoms with Gasteiger partial charge >= 0.3 is 0 Å². The molecule has 3 N–H and O–H groups in total. The fourth-order valence-corrected chi connectivity index (χ4v) is 4.00. The molecule has 0 heterocycles. The molecule has 1 aromatic rings. The number of hydrogen-bond donors (Lipinski definition) is 2. The molecular weight excluding hydrogens is 254 g/mol. The Morgan fingerprint density at radius 1 is 1.33 bits per heavy atom. The Bertz CT molecular complexity index is 419. The molecule has 0 radical (unpaired) electrons. The maximum Gasteiger partial charge on any atom is 0.295 e. The molecule has 0 fully saturated rings. The fraction of sp³-hybridized carbons (Fsp3) is 0.250. The van der Waals surface area contributed by atoms with Crippen LogP contribution in [0.4, 0.5) is 0 Å². The van der Waals surface area contributed by atoms with Crippen LogP contribution < -0.4 is 5.73 Å². The van der Waals surface area contributed by atoms with Crippen molar-refractivity contribution < 1.29 is 13.0 Å². The predicted molar refractivity (Wildman–Crippen MR) is 63.6 cm³/mol. The molecule has 0 saturated heterocycles. The normalized spacial score (nSPS) is 11.6.